The topological polar surface area (TPSA) is 48.1 Å². The van der Waals surface area contributed by atoms with Gasteiger partial charge in [-0.05, 0) is 50.1 Å². The lowest BCUT2D eigenvalue weighted by molar-refractivity contribution is 0.454. The van der Waals surface area contributed by atoms with Gasteiger partial charge in [-0.2, -0.15) is 0 Å². The van der Waals surface area contributed by atoms with E-state index in [1.807, 2.05) is 45.0 Å². The fraction of sp³-hybridized carbons (Fsp3) is 0.267. The summed E-state index contributed by atoms with van der Waals surface area (Å²) in [6, 6.07) is 7.64. The minimum absolute atomic E-state index is 0.387. The third kappa shape index (κ3) is 3.06. The zero-order chi connectivity index (χ0) is 14.0. The van der Waals surface area contributed by atoms with Crippen molar-refractivity contribution in [2.24, 2.45) is 5.73 Å². The van der Waals surface area contributed by atoms with E-state index in [-0.39, 0.29) is 0 Å². The third-order valence-corrected chi connectivity index (χ3v) is 3.25. The molecule has 2 aromatic rings. The molecule has 0 aliphatic heterocycles. The van der Waals surface area contributed by atoms with E-state index < -0.39 is 0 Å². The molecule has 0 spiro atoms. The lowest BCUT2D eigenvalue weighted by Gasteiger charge is -2.13. The molecule has 0 saturated carbocycles. The molecule has 0 bridgehead atoms. The highest BCUT2D eigenvalue weighted by molar-refractivity contribution is 6.32. The number of hydrogen-bond acceptors (Lipinski definition) is 3. The van der Waals surface area contributed by atoms with Gasteiger partial charge in [0.2, 0.25) is 5.88 Å². The van der Waals surface area contributed by atoms with Crippen LogP contribution >= 0.6 is 11.6 Å². The first-order chi connectivity index (χ1) is 9.01. The number of aromatic nitrogens is 1. The van der Waals surface area contributed by atoms with Crippen LogP contribution in [0.2, 0.25) is 5.02 Å². The first kappa shape index (κ1) is 13.8. The van der Waals surface area contributed by atoms with Crippen LogP contribution in [0.5, 0.6) is 11.6 Å². The highest BCUT2D eigenvalue weighted by Crippen LogP contribution is 2.32. The van der Waals surface area contributed by atoms with Gasteiger partial charge in [0.1, 0.15) is 5.75 Å². The Morgan fingerprint density at radius 3 is 2.63 bits per heavy atom. The molecule has 100 valence electrons. The Labute approximate surface area is 118 Å². The van der Waals surface area contributed by atoms with Gasteiger partial charge in [0.15, 0.2) is 0 Å². The Balaban J connectivity index is 2.45. The standard InChI is InChI=1S/C15H17ClN2O/c1-9-4-5-13(16)14(6-9)19-15-12(8-17)10(2)7-11(3)18-15/h4-7H,8,17H2,1-3H3. The molecule has 0 aliphatic rings. The third-order valence-electron chi connectivity index (χ3n) is 2.93. The molecule has 2 rings (SSSR count). The molecule has 1 heterocycles. The van der Waals surface area contributed by atoms with Crippen molar-refractivity contribution in [3.05, 3.63) is 51.7 Å². The van der Waals surface area contributed by atoms with Gasteiger partial charge < -0.3 is 10.5 Å². The number of hydrogen-bond donors (Lipinski definition) is 1. The van der Waals surface area contributed by atoms with Crippen molar-refractivity contribution in [1.29, 1.82) is 0 Å². The molecule has 2 N–H and O–H groups in total. The van der Waals surface area contributed by atoms with Crippen LogP contribution in [-0.4, -0.2) is 4.98 Å². The summed E-state index contributed by atoms with van der Waals surface area (Å²) in [6.07, 6.45) is 0. The maximum atomic E-state index is 6.14. The van der Waals surface area contributed by atoms with Crippen LogP contribution in [-0.2, 0) is 6.54 Å². The summed E-state index contributed by atoms with van der Waals surface area (Å²) in [5.74, 6) is 1.14. The predicted molar refractivity (Wildman–Crippen MR) is 77.9 cm³/mol. The van der Waals surface area contributed by atoms with Crippen molar-refractivity contribution in [2.75, 3.05) is 0 Å². The number of nitrogens with two attached hydrogens (primary N) is 1. The number of aryl methyl sites for hydroxylation is 3. The van der Waals surface area contributed by atoms with Crippen molar-refractivity contribution >= 4 is 11.6 Å². The molecule has 0 amide bonds. The molecule has 0 unspecified atom stereocenters. The van der Waals surface area contributed by atoms with Gasteiger partial charge in [-0.25, -0.2) is 4.98 Å². The van der Waals surface area contributed by atoms with Gasteiger partial charge in [-0.3, -0.25) is 0 Å². The SMILES string of the molecule is Cc1ccc(Cl)c(Oc2nc(C)cc(C)c2CN)c1. The average Bonchev–Trinajstić information content (AvgIpc) is 2.33. The van der Waals surface area contributed by atoms with Crippen molar-refractivity contribution in [2.45, 2.75) is 27.3 Å². The number of nitrogens with zero attached hydrogens (tertiary/aromatic N) is 1. The highest BCUT2D eigenvalue weighted by atomic mass is 35.5. The average molecular weight is 277 g/mol. The Morgan fingerprint density at radius 1 is 1.21 bits per heavy atom. The summed E-state index contributed by atoms with van der Waals surface area (Å²) in [5, 5.41) is 0.564. The molecule has 19 heavy (non-hydrogen) atoms. The summed E-state index contributed by atoms with van der Waals surface area (Å²) >= 11 is 6.14. The maximum absolute atomic E-state index is 6.14. The smallest absolute Gasteiger partial charge is 0.224 e. The van der Waals surface area contributed by atoms with Crippen LogP contribution in [0.4, 0.5) is 0 Å². The van der Waals surface area contributed by atoms with E-state index in [0.717, 1.165) is 22.4 Å². The Morgan fingerprint density at radius 2 is 1.95 bits per heavy atom. The van der Waals surface area contributed by atoms with Crippen molar-refractivity contribution in [3.8, 4) is 11.6 Å². The summed E-state index contributed by atoms with van der Waals surface area (Å²) in [4.78, 5) is 4.41. The zero-order valence-corrected chi connectivity index (χ0v) is 12.1. The fourth-order valence-electron chi connectivity index (χ4n) is 1.95. The monoisotopic (exact) mass is 276 g/mol. The van der Waals surface area contributed by atoms with E-state index in [9.17, 15) is 0 Å². The molecule has 4 heteroatoms. The van der Waals surface area contributed by atoms with Crippen LogP contribution < -0.4 is 10.5 Å². The summed E-state index contributed by atoms with van der Waals surface area (Å²) < 4.78 is 5.85. The first-order valence-electron chi connectivity index (χ1n) is 6.12. The molecule has 0 fully saturated rings. The summed E-state index contributed by atoms with van der Waals surface area (Å²) in [5.41, 5.74) is 9.73. The van der Waals surface area contributed by atoms with Crippen LogP contribution in [0.25, 0.3) is 0 Å². The molecule has 0 radical (unpaired) electrons. The minimum Gasteiger partial charge on any atom is -0.437 e. The Kier molecular flexibility index (Phi) is 4.08. The summed E-state index contributed by atoms with van der Waals surface area (Å²) in [7, 11) is 0. The van der Waals surface area contributed by atoms with Crippen molar-refractivity contribution in [3.63, 3.8) is 0 Å². The minimum atomic E-state index is 0.387. The predicted octanol–water partition coefficient (Wildman–Crippen LogP) is 3.91. The van der Waals surface area contributed by atoms with Crippen LogP contribution in [0.1, 0.15) is 22.4 Å². The van der Waals surface area contributed by atoms with E-state index >= 15 is 0 Å². The highest BCUT2D eigenvalue weighted by Gasteiger charge is 2.11. The molecule has 1 aromatic carbocycles. The van der Waals surface area contributed by atoms with E-state index in [1.165, 1.54) is 0 Å². The number of ether oxygens (including phenoxy) is 1. The van der Waals surface area contributed by atoms with Crippen molar-refractivity contribution in [1.82, 2.24) is 4.98 Å². The quantitative estimate of drug-likeness (QED) is 0.924. The maximum Gasteiger partial charge on any atom is 0.224 e. The second-order valence-corrected chi connectivity index (χ2v) is 5.01. The molecule has 1 aromatic heterocycles. The summed E-state index contributed by atoms with van der Waals surface area (Å²) in [6.45, 7) is 6.30. The molecular formula is C15H17ClN2O. The second kappa shape index (κ2) is 5.59. The Hall–Kier alpha value is -1.58. The lowest BCUT2D eigenvalue weighted by Crippen LogP contribution is -2.05. The van der Waals surface area contributed by atoms with E-state index in [1.54, 1.807) is 0 Å². The number of halogens is 1. The van der Waals surface area contributed by atoms with Gasteiger partial charge in [-0.15, -0.1) is 0 Å². The second-order valence-electron chi connectivity index (χ2n) is 4.60. The van der Waals surface area contributed by atoms with Gasteiger partial charge in [0.05, 0.1) is 5.02 Å². The zero-order valence-electron chi connectivity index (χ0n) is 11.3. The fourth-order valence-corrected chi connectivity index (χ4v) is 2.11. The molecule has 0 saturated heterocycles. The molecule has 3 nitrogen and oxygen atoms in total. The van der Waals surface area contributed by atoms with Gasteiger partial charge in [-0.1, -0.05) is 17.7 Å². The van der Waals surface area contributed by atoms with E-state index in [2.05, 4.69) is 4.98 Å². The van der Waals surface area contributed by atoms with Gasteiger partial charge in [0, 0.05) is 17.8 Å². The van der Waals surface area contributed by atoms with E-state index in [4.69, 9.17) is 22.1 Å². The van der Waals surface area contributed by atoms with Crippen molar-refractivity contribution < 1.29 is 4.74 Å². The van der Waals surface area contributed by atoms with Crippen LogP contribution in [0.3, 0.4) is 0 Å². The van der Waals surface area contributed by atoms with Gasteiger partial charge >= 0.3 is 0 Å². The Bertz CT molecular complexity index is 611. The van der Waals surface area contributed by atoms with Crippen LogP contribution in [0, 0.1) is 20.8 Å². The van der Waals surface area contributed by atoms with Gasteiger partial charge in [0.25, 0.3) is 0 Å². The normalized spacial score (nSPS) is 10.6. The van der Waals surface area contributed by atoms with Crippen LogP contribution in [0.15, 0.2) is 24.3 Å². The lowest BCUT2D eigenvalue weighted by atomic mass is 10.1. The largest absolute Gasteiger partial charge is 0.437 e. The molecular weight excluding hydrogens is 260 g/mol. The number of pyridine rings is 1. The van der Waals surface area contributed by atoms with E-state index in [0.29, 0.717) is 23.2 Å². The number of rotatable bonds is 3. The number of benzene rings is 1. The first-order valence-corrected chi connectivity index (χ1v) is 6.50. The molecule has 0 aliphatic carbocycles. The molecule has 0 atom stereocenters.